The maximum absolute atomic E-state index is 11.3. The van der Waals surface area contributed by atoms with E-state index in [9.17, 15) is 4.79 Å². The van der Waals surface area contributed by atoms with Crippen LogP contribution in [0.2, 0.25) is 0 Å². The fourth-order valence-corrected chi connectivity index (χ4v) is 1.73. The highest BCUT2D eigenvalue weighted by Crippen LogP contribution is 2.35. The van der Waals surface area contributed by atoms with E-state index in [0.717, 1.165) is 0 Å². The summed E-state index contributed by atoms with van der Waals surface area (Å²) in [6.07, 6.45) is 11.4. The Labute approximate surface area is 66.8 Å². The standard InChI is InChI=1S/C10H12O/c11-10-7-2-1-6-9(10)8-4-3-5-8/h1-2,6-9H,3-5H2. The van der Waals surface area contributed by atoms with Crippen molar-refractivity contribution in [3.05, 3.63) is 24.3 Å². The van der Waals surface area contributed by atoms with E-state index in [2.05, 4.69) is 0 Å². The molecular weight excluding hydrogens is 136 g/mol. The van der Waals surface area contributed by atoms with E-state index in [4.69, 9.17) is 0 Å². The van der Waals surface area contributed by atoms with Gasteiger partial charge in [-0.3, -0.25) is 4.79 Å². The van der Waals surface area contributed by atoms with Crippen molar-refractivity contribution in [2.24, 2.45) is 11.8 Å². The van der Waals surface area contributed by atoms with Crippen LogP contribution >= 0.6 is 0 Å². The van der Waals surface area contributed by atoms with Crippen LogP contribution in [0.4, 0.5) is 0 Å². The third-order valence-corrected chi connectivity index (χ3v) is 2.68. The van der Waals surface area contributed by atoms with E-state index >= 15 is 0 Å². The molecule has 0 bridgehead atoms. The van der Waals surface area contributed by atoms with Crippen molar-refractivity contribution in [2.75, 3.05) is 0 Å². The molecule has 0 radical (unpaired) electrons. The average molecular weight is 148 g/mol. The second kappa shape index (κ2) is 2.65. The van der Waals surface area contributed by atoms with Crippen LogP contribution in [0.1, 0.15) is 19.3 Å². The molecule has 0 saturated heterocycles. The second-order valence-corrected chi connectivity index (χ2v) is 3.36. The molecule has 58 valence electrons. The third-order valence-electron chi connectivity index (χ3n) is 2.68. The minimum atomic E-state index is 0.216. The minimum absolute atomic E-state index is 0.216. The second-order valence-electron chi connectivity index (χ2n) is 3.36. The highest BCUT2D eigenvalue weighted by molar-refractivity contribution is 5.94. The molecule has 2 aliphatic carbocycles. The molecule has 0 aromatic heterocycles. The Morgan fingerprint density at radius 2 is 2.09 bits per heavy atom. The van der Waals surface area contributed by atoms with E-state index in [1.54, 1.807) is 6.08 Å². The van der Waals surface area contributed by atoms with Crippen LogP contribution in [-0.2, 0) is 4.79 Å². The number of ketones is 1. The number of carbonyl (C=O) groups excluding carboxylic acids is 1. The number of allylic oxidation sites excluding steroid dienone is 4. The molecule has 0 aromatic carbocycles. The van der Waals surface area contributed by atoms with Gasteiger partial charge in [-0.2, -0.15) is 0 Å². The summed E-state index contributed by atoms with van der Waals surface area (Å²) in [4.78, 5) is 11.3. The molecule has 0 heterocycles. The molecule has 11 heavy (non-hydrogen) atoms. The Bertz CT molecular complexity index is 221. The quantitative estimate of drug-likeness (QED) is 0.556. The molecule has 0 aromatic rings. The predicted molar refractivity (Wildman–Crippen MR) is 44.1 cm³/mol. The maximum Gasteiger partial charge on any atom is 0.162 e. The molecule has 0 amide bonds. The topological polar surface area (TPSA) is 17.1 Å². The van der Waals surface area contributed by atoms with Gasteiger partial charge in [-0.1, -0.05) is 24.6 Å². The van der Waals surface area contributed by atoms with E-state index in [0.29, 0.717) is 11.7 Å². The third kappa shape index (κ3) is 1.15. The summed E-state index contributed by atoms with van der Waals surface area (Å²) in [6, 6.07) is 0. The largest absolute Gasteiger partial charge is 0.294 e. The molecule has 0 spiro atoms. The summed E-state index contributed by atoms with van der Waals surface area (Å²) < 4.78 is 0. The highest BCUT2D eigenvalue weighted by Gasteiger charge is 2.29. The van der Waals surface area contributed by atoms with Gasteiger partial charge in [0.05, 0.1) is 0 Å². The monoisotopic (exact) mass is 148 g/mol. The Kier molecular flexibility index (Phi) is 1.65. The van der Waals surface area contributed by atoms with E-state index in [1.807, 2.05) is 18.2 Å². The fraction of sp³-hybridized carbons (Fsp3) is 0.500. The Balaban J connectivity index is 2.07. The normalized spacial score (nSPS) is 30.5. The lowest BCUT2D eigenvalue weighted by atomic mass is 9.73. The number of hydrogen-bond donors (Lipinski definition) is 0. The van der Waals surface area contributed by atoms with Crippen LogP contribution in [-0.4, -0.2) is 5.78 Å². The molecule has 0 N–H and O–H groups in total. The van der Waals surface area contributed by atoms with E-state index in [-0.39, 0.29) is 5.92 Å². The number of carbonyl (C=O) groups is 1. The van der Waals surface area contributed by atoms with Gasteiger partial charge in [0.1, 0.15) is 0 Å². The van der Waals surface area contributed by atoms with Crippen molar-refractivity contribution in [3.8, 4) is 0 Å². The first-order valence-corrected chi connectivity index (χ1v) is 4.26. The minimum Gasteiger partial charge on any atom is -0.294 e. The zero-order chi connectivity index (χ0) is 7.68. The summed E-state index contributed by atoms with van der Waals surface area (Å²) in [5.41, 5.74) is 0. The first kappa shape index (κ1) is 6.84. The lowest BCUT2D eigenvalue weighted by molar-refractivity contribution is -0.119. The molecule has 2 aliphatic rings. The van der Waals surface area contributed by atoms with Crippen LogP contribution in [0.25, 0.3) is 0 Å². The summed E-state index contributed by atoms with van der Waals surface area (Å²) >= 11 is 0. The summed E-state index contributed by atoms with van der Waals surface area (Å²) in [6.45, 7) is 0. The summed E-state index contributed by atoms with van der Waals surface area (Å²) in [5, 5.41) is 0. The maximum atomic E-state index is 11.3. The molecule has 1 heteroatoms. The summed E-state index contributed by atoms with van der Waals surface area (Å²) in [7, 11) is 0. The predicted octanol–water partition coefficient (Wildman–Crippen LogP) is 2.10. The van der Waals surface area contributed by atoms with Gasteiger partial charge < -0.3 is 0 Å². The van der Waals surface area contributed by atoms with Gasteiger partial charge in [-0.15, -0.1) is 0 Å². The van der Waals surface area contributed by atoms with Crippen LogP contribution in [0.15, 0.2) is 24.3 Å². The Morgan fingerprint density at radius 1 is 1.27 bits per heavy atom. The van der Waals surface area contributed by atoms with Crippen LogP contribution in [0.5, 0.6) is 0 Å². The fourth-order valence-electron chi connectivity index (χ4n) is 1.73. The van der Waals surface area contributed by atoms with E-state index < -0.39 is 0 Å². The van der Waals surface area contributed by atoms with Gasteiger partial charge in [-0.05, 0) is 24.8 Å². The Hall–Kier alpha value is -0.850. The van der Waals surface area contributed by atoms with Crippen LogP contribution < -0.4 is 0 Å². The van der Waals surface area contributed by atoms with E-state index in [1.165, 1.54) is 19.3 Å². The lowest BCUT2D eigenvalue weighted by Crippen LogP contribution is -2.27. The van der Waals surface area contributed by atoms with Gasteiger partial charge in [0, 0.05) is 5.92 Å². The van der Waals surface area contributed by atoms with Gasteiger partial charge >= 0.3 is 0 Å². The first-order valence-electron chi connectivity index (χ1n) is 4.26. The lowest BCUT2D eigenvalue weighted by Gasteiger charge is -2.31. The molecule has 1 unspecified atom stereocenters. The molecule has 1 atom stereocenters. The Morgan fingerprint density at radius 3 is 2.64 bits per heavy atom. The van der Waals surface area contributed by atoms with Crippen molar-refractivity contribution in [2.45, 2.75) is 19.3 Å². The smallest absolute Gasteiger partial charge is 0.162 e. The zero-order valence-corrected chi connectivity index (χ0v) is 6.49. The molecule has 1 fully saturated rings. The van der Waals surface area contributed by atoms with Crippen molar-refractivity contribution in [3.63, 3.8) is 0 Å². The van der Waals surface area contributed by atoms with Gasteiger partial charge in [0.25, 0.3) is 0 Å². The van der Waals surface area contributed by atoms with Crippen LogP contribution in [0.3, 0.4) is 0 Å². The first-order chi connectivity index (χ1) is 5.38. The average Bonchev–Trinajstić information content (AvgIpc) is 1.90. The van der Waals surface area contributed by atoms with Crippen molar-refractivity contribution in [1.82, 2.24) is 0 Å². The number of hydrogen-bond acceptors (Lipinski definition) is 1. The SMILES string of the molecule is O=C1C=CC=CC1C1CCC1. The van der Waals surface area contributed by atoms with Crippen molar-refractivity contribution < 1.29 is 4.79 Å². The zero-order valence-electron chi connectivity index (χ0n) is 6.49. The molecular formula is C10H12O. The highest BCUT2D eigenvalue weighted by atomic mass is 16.1. The molecule has 1 saturated carbocycles. The van der Waals surface area contributed by atoms with Crippen LogP contribution in [0, 0.1) is 11.8 Å². The van der Waals surface area contributed by atoms with Gasteiger partial charge in [-0.25, -0.2) is 0 Å². The molecule has 0 aliphatic heterocycles. The van der Waals surface area contributed by atoms with Crippen molar-refractivity contribution in [1.29, 1.82) is 0 Å². The molecule has 2 rings (SSSR count). The summed E-state index contributed by atoms with van der Waals surface area (Å²) in [5.74, 6) is 1.18. The van der Waals surface area contributed by atoms with Crippen molar-refractivity contribution >= 4 is 5.78 Å². The van der Waals surface area contributed by atoms with Gasteiger partial charge in [0.15, 0.2) is 5.78 Å². The number of rotatable bonds is 1. The van der Waals surface area contributed by atoms with Gasteiger partial charge in [0.2, 0.25) is 0 Å². The molecule has 1 nitrogen and oxygen atoms in total.